The van der Waals surface area contributed by atoms with Crippen LogP contribution in [-0.2, 0) is 0 Å². The Kier molecular flexibility index (Phi) is 2.44. The molecule has 0 aliphatic carbocycles. The molecule has 0 saturated heterocycles. The molecule has 1 aliphatic heterocycles. The summed E-state index contributed by atoms with van der Waals surface area (Å²) in [4.78, 5) is 21.8. The number of nitrogens with one attached hydrogen (secondary N) is 1. The molecule has 1 aliphatic rings. The van der Waals surface area contributed by atoms with Crippen molar-refractivity contribution in [3.8, 4) is 0 Å². The van der Waals surface area contributed by atoms with Crippen LogP contribution < -0.4 is 4.90 Å². The normalized spacial score (nSPS) is 17.8. The summed E-state index contributed by atoms with van der Waals surface area (Å²) in [5.74, 6) is 0.673. The molecule has 2 aromatic heterocycles. The molecular formula is C15H13ClN4O. The van der Waals surface area contributed by atoms with Gasteiger partial charge in [0.05, 0.1) is 29.3 Å². The van der Waals surface area contributed by atoms with Gasteiger partial charge in [0.1, 0.15) is 0 Å². The number of hydrogen-bond acceptors (Lipinski definition) is 2. The van der Waals surface area contributed by atoms with Gasteiger partial charge in [-0.3, -0.25) is 9.47 Å². The van der Waals surface area contributed by atoms with E-state index in [2.05, 4.69) is 9.97 Å². The van der Waals surface area contributed by atoms with E-state index in [1.54, 1.807) is 15.8 Å². The molecule has 0 fully saturated rings. The van der Waals surface area contributed by atoms with Crippen LogP contribution in [0.5, 0.6) is 0 Å². The third-order valence-corrected chi connectivity index (χ3v) is 4.40. The first-order chi connectivity index (χ1) is 10.1. The molecule has 1 aromatic carbocycles. The summed E-state index contributed by atoms with van der Waals surface area (Å²) >= 11 is 6.22. The van der Waals surface area contributed by atoms with E-state index in [0.29, 0.717) is 10.8 Å². The maximum Gasteiger partial charge on any atom is 0.335 e. The fourth-order valence-electron chi connectivity index (χ4n) is 3.01. The SMILES string of the molecule is Cc1[nH]cnc1N1C(=O)n2c(cc3c(Cl)cccc32)C1C. The van der Waals surface area contributed by atoms with Crippen LogP contribution >= 0.6 is 11.6 Å². The average molecular weight is 301 g/mol. The second-order valence-electron chi connectivity index (χ2n) is 5.26. The van der Waals surface area contributed by atoms with Crippen LogP contribution in [0.1, 0.15) is 24.4 Å². The van der Waals surface area contributed by atoms with E-state index in [1.165, 1.54) is 0 Å². The topological polar surface area (TPSA) is 53.9 Å². The van der Waals surface area contributed by atoms with Crippen LogP contribution in [0.2, 0.25) is 5.02 Å². The standard InChI is InChI=1S/C15H13ClN4O/c1-8-14(18-7-17-8)19-9(2)13-6-10-11(16)4-3-5-12(10)20(13)15(19)21/h3-7,9H,1-2H3,(H,17,18). The molecule has 1 unspecified atom stereocenters. The number of nitrogens with zero attached hydrogens (tertiary/aromatic N) is 3. The molecule has 0 bridgehead atoms. The van der Waals surface area contributed by atoms with Gasteiger partial charge in [-0.05, 0) is 32.0 Å². The highest BCUT2D eigenvalue weighted by molar-refractivity contribution is 6.35. The maximum absolute atomic E-state index is 12.8. The zero-order chi connectivity index (χ0) is 14.7. The second kappa shape index (κ2) is 4.11. The molecule has 4 rings (SSSR count). The van der Waals surface area contributed by atoms with Gasteiger partial charge in [-0.25, -0.2) is 9.78 Å². The van der Waals surface area contributed by atoms with Crippen molar-refractivity contribution in [3.05, 3.63) is 47.0 Å². The number of H-pyrrole nitrogens is 1. The zero-order valence-corrected chi connectivity index (χ0v) is 12.3. The number of amides is 1. The number of carbonyl (C=O) groups is 1. The number of fused-ring (bicyclic) bond motifs is 3. The van der Waals surface area contributed by atoms with Crippen LogP contribution in [0.15, 0.2) is 30.6 Å². The molecule has 3 heterocycles. The molecule has 3 aromatic rings. The molecule has 6 heteroatoms. The highest BCUT2D eigenvalue weighted by Gasteiger charge is 2.38. The number of aromatic amines is 1. The number of halogens is 1. The van der Waals surface area contributed by atoms with Crippen molar-refractivity contribution < 1.29 is 4.79 Å². The van der Waals surface area contributed by atoms with E-state index < -0.39 is 0 Å². The van der Waals surface area contributed by atoms with Gasteiger partial charge in [-0.2, -0.15) is 0 Å². The quantitative estimate of drug-likeness (QED) is 0.741. The highest BCUT2D eigenvalue weighted by atomic mass is 35.5. The van der Waals surface area contributed by atoms with Gasteiger partial charge in [-0.1, -0.05) is 17.7 Å². The van der Waals surface area contributed by atoms with Crippen molar-refractivity contribution in [2.75, 3.05) is 4.90 Å². The predicted octanol–water partition coefficient (Wildman–Crippen LogP) is 3.88. The van der Waals surface area contributed by atoms with Crippen molar-refractivity contribution in [2.45, 2.75) is 19.9 Å². The molecule has 0 spiro atoms. The Hall–Kier alpha value is -2.27. The molecule has 21 heavy (non-hydrogen) atoms. The predicted molar refractivity (Wildman–Crippen MR) is 82.0 cm³/mol. The Morgan fingerprint density at radius 2 is 2.19 bits per heavy atom. The van der Waals surface area contributed by atoms with Crippen molar-refractivity contribution in [2.24, 2.45) is 0 Å². The number of anilines is 1. The molecule has 106 valence electrons. The van der Waals surface area contributed by atoms with Gasteiger partial charge >= 0.3 is 6.03 Å². The van der Waals surface area contributed by atoms with Crippen molar-refractivity contribution in [1.82, 2.24) is 14.5 Å². The van der Waals surface area contributed by atoms with Crippen molar-refractivity contribution in [3.63, 3.8) is 0 Å². The van der Waals surface area contributed by atoms with E-state index in [1.807, 2.05) is 38.1 Å². The summed E-state index contributed by atoms with van der Waals surface area (Å²) in [6, 6.07) is 7.43. The monoisotopic (exact) mass is 300 g/mol. The van der Waals surface area contributed by atoms with Crippen LogP contribution in [0.25, 0.3) is 10.9 Å². The highest BCUT2D eigenvalue weighted by Crippen LogP contribution is 2.39. The van der Waals surface area contributed by atoms with E-state index in [-0.39, 0.29) is 12.1 Å². The lowest BCUT2D eigenvalue weighted by Gasteiger charge is -2.19. The van der Waals surface area contributed by atoms with Crippen LogP contribution in [0.4, 0.5) is 10.6 Å². The third-order valence-electron chi connectivity index (χ3n) is 4.07. The largest absolute Gasteiger partial charge is 0.347 e. The van der Waals surface area contributed by atoms with Gasteiger partial charge in [-0.15, -0.1) is 0 Å². The summed E-state index contributed by atoms with van der Waals surface area (Å²) in [5, 5.41) is 1.57. The third kappa shape index (κ3) is 1.52. The van der Waals surface area contributed by atoms with Gasteiger partial charge < -0.3 is 4.98 Å². The van der Waals surface area contributed by atoms with Gasteiger partial charge in [0.2, 0.25) is 0 Å². The van der Waals surface area contributed by atoms with E-state index >= 15 is 0 Å². The minimum absolute atomic E-state index is 0.0806. The summed E-state index contributed by atoms with van der Waals surface area (Å²) in [5.41, 5.74) is 2.65. The molecular weight excluding hydrogens is 288 g/mol. The molecule has 1 amide bonds. The maximum atomic E-state index is 12.8. The lowest BCUT2D eigenvalue weighted by atomic mass is 10.2. The molecule has 5 nitrogen and oxygen atoms in total. The second-order valence-corrected chi connectivity index (χ2v) is 5.66. The first-order valence-corrected chi connectivity index (χ1v) is 7.11. The number of hydrogen-bond donors (Lipinski definition) is 1. The van der Waals surface area contributed by atoms with Crippen molar-refractivity contribution >= 4 is 34.4 Å². The minimum Gasteiger partial charge on any atom is -0.347 e. The van der Waals surface area contributed by atoms with Gasteiger partial charge in [0, 0.05) is 10.4 Å². The Balaban J connectivity index is 1.94. The molecule has 0 saturated carbocycles. The number of rotatable bonds is 1. The number of aromatic nitrogens is 3. The van der Waals surface area contributed by atoms with Gasteiger partial charge in [0.15, 0.2) is 5.82 Å². The Morgan fingerprint density at radius 3 is 2.90 bits per heavy atom. The number of carbonyl (C=O) groups excluding carboxylic acids is 1. The van der Waals surface area contributed by atoms with Gasteiger partial charge in [0.25, 0.3) is 0 Å². The van der Waals surface area contributed by atoms with E-state index in [4.69, 9.17) is 11.6 Å². The van der Waals surface area contributed by atoms with E-state index in [0.717, 1.165) is 22.3 Å². The van der Waals surface area contributed by atoms with Crippen molar-refractivity contribution in [1.29, 1.82) is 0 Å². The average Bonchev–Trinajstić information content (AvgIpc) is 3.09. The van der Waals surface area contributed by atoms with Crippen LogP contribution in [0, 0.1) is 6.92 Å². The van der Waals surface area contributed by atoms with E-state index in [9.17, 15) is 4.79 Å². The Bertz CT molecular complexity index is 879. The lowest BCUT2D eigenvalue weighted by Crippen LogP contribution is -2.29. The van der Waals surface area contributed by atoms with Crippen LogP contribution in [-0.4, -0.2) is 20.6 Å². The molecule has 1 N–H and O–H groups in total. The molecule has 1 atom stereocenters. The summed E-state index contributed by atoms with van der Waals surface area (Å²) in [7, 11) is 0. The number of benzene rings is 1. The van der Waals surface area contributed by atoms with Crippen LogP contribution in [0.3, 0.4) is 0 Å². The Morgan fingerprint density at radius 1 is 1.38 bits per heavy atom. The fraction of sp³-hybridized carbons (Fsp3) is 0.200. The summed E-state index contributed by atoms with van der Waals surface area (Å²) in [6.07, 6.45) is 1.60. The first-order valence-electron chi connectivity index (χ1n) is 6.73. The Labute approximate surface area is 126 Å². The minimum atomic E-state index is -0.0926. The summed E-state index contributed by atoms with van der Waals surface area (Å²) < 4.78 is 1.72. The molecule has 0 radical (unpaired) electrons. The number of imidazole rings is 1. The fourth-order valence-corrected chi connectivity index (χ4v) is 3.23. The first kappa shape index (κ1) is 12.5. The lowest BCUT2D eigenvalue weighted by molar-refractivity contribution is 0.250. The number of aryl methyl sites for hydroxylation is 1. The summed E-state index contributed by atoms with van der Waals surface area (Å²) in [6.45, 7) is 3.91. The zero-order valence-electron chi connectivity index (χ0n) is 11.6. The smallest absolute Gasteiger partial charge is 0.335 e.